The Morgan fingerprint density at radius 3 is 2.38 bits per heavy atom. The SMILES string of the molecule is NCc1cccc(Nc2cccc(Br)c2)c1. The van der Waals surface area contributed by atoms with E-state index >= 15 is 0 Å². The van der Waals surface area contributed by atoms with E-state index < -0.39 is 0 Å². The topological polar surface area (TPSA) is 38.0 Å². The molecule has 0 aliphatic carbocycles. The summed E-state index contributed by atoms with van der Waals surface area (Å²) < 4.78 is 1.06. The summed E-state index contributed by atoms with van der Waals surface area (Å²) in [6.45, 7) is 0.563. The minimum absolute atomic E-state index is 0.563. The van der Waals surface area contributed by atoms with Crippen LogP contribution >= 0.6 is 15.9 Å². The second-order valence-electron chi connectivity index (χ2n) is 3.54. The predicted octanol–water partition coefficient (Wildman–Crippen LogP) is 3.65. The molecule has 2 aromatic rings. The van der Waals surface area contributed by atoms with Crippen molar-refractivity contribution in [2.75, 3.05) is 5.32 Å². The zero-order chi connectivity index (χ0) is 11.4. The molecular formula is C13H13BrN2. The molecule has 16 heavy (non-hydrogen) atoms. The summed E-state index contributed by atoms with van der Waals surface area (Å²) in [5.41, 5.74) is 8.84. The number of halogens is 1. The number of hydrogen-bond acceptors (Lipinski definition) is 2. The third-order valence-electron chi connectivity index (χ3n) is 2.28. The first kappa shape index (κ1) is 11.2. The molecule has 3 N–H and O–H groups in total. The Bertz CT molecular complexity index is 483. The van der Waals surface area contributed by atoms with Crippen LogP contribution in [-0.2, 0) is 6.54 Å². The molecular weight excluding hydrogens is 264 g/mol. The van der Waals surface area contributed by atoms with Crippen molar-refractivity contribution < 1.29 is 0 Å². The lowest BCUT2D eigenvalue weighted by Crippen LogP contribution is -1.97. The van der Waals surface area contributed by atoms with Gasteiger partial charge in [-0.25, -0.2) is 0 Å². The lowest BCUT2D eigenvalue weighted by atomic mass is 10.2. The molecule has 2 nitrogen and oxygen atoms in total. The Morgan fingerprint density at radius 2 is 1.69 bits per heavy atom. The Morgan fingerprint density at radius 1 is 1.00 bits per heavy atom. The zero-order valence-electron chi connectivity index (χ0n) is 8.78. The van der Waals surface area contributed by atoms with Crippen LogP contribution in [0.4, 0.5) is 11.4 Å². The maximum atomic E-state index is 5.60. The van der Waals surface area contributed by atoms with Crippen molar-refractivity contribution in [3.05, 3.63) is 58.6 Å². The number of nitrogens with two attached hydrogens (primary N) is 1. The number of anilines is 2. The first-order valence-corrected chi connectivity index (χ1v) is 5.89. The Kier molecular flexibility index (Phi) is 3.59. The van der Waals surface area contributed by atoms with Gasteiger partial charge >= 0.3 is 0 Å². The monoisotopic (exact) mass is 276 g/mol. The van der Waals surface area contributed by atoms with E-state index in [0.717, 1.165) is 21.4 Å². The van der Waals surface area contributed by atoms with E-state index in [4.69, 9.17) is 5.73 Å². The quantitative estimate of drug-likeness (QED) is 0.898. The van der Waals surface area contributed by atoms with Gasteiger partial charge in [-0.05, 0) is 35.9 Å². The van der Waals surface area contributed by atoms with Crippen LogP contribution in [0.5, 0.6) is 0 Å². The molecule has 0 amide bonds. The van der Waals surface area contributed by atoms with Gasteiger partial charge in [0.2, 0.25) is 0 Å². The second kappa shape index (κ2) is 5.14. The zero-order valence-corrected chi connectivity index (χ0v) is 10.4. The minimum Gasteiger partial charge on any atom is -0.355 e. The number of benzene rings is 2. The molecule has 0 saturated carbocycles. The van der Waals surface area contributed by atoms with Gasteiger partial charge in [0.05, 0.1) is 0 Å². The maximum Gasteiger partial charge on any atom is 0.0395 e. The summed E-state index contributed by atoms with van der Waals surface area (Å²) in [5, 5.41) is 3.33. The summed E-state index contributed by atoms with van der Waals surface area (Å²) in [6.07, 6.45) is 0. The number of hydrogen-bond donors (Lipinski definition) is 2. The van der Waals surface area contributed by atoms with Gasteiger partial charge in [-0.1, -0.05) is 34.1 Å². The molecule has 0 unspecified atom stereocenters. The Hall–Kier alpha value is -1.32. The molecule has 82 valence electrons. The van der Waals surface area contributed by atoms with E-state index in [-0.39, 0.29) is 0 Å². The molecule has 0 aliphatic rings. The van der Waals surface area contributed by atoms with E-state index in [1.807, 2.05) is 42.5 Å². The molecule has 0 atom stereocenters. The van der Waals surface area contributed by atoms with Crippen LogP contribution in [0.2, 0.25) is 0 Å². The third kappa shape index (κ3) is 2.84. The van der Waals surface area contributed by atoms with E-state index in [9.17, 15) is 0 Å². The summed E-state index contributed by atoms with van der Waals surface area (Å²) in [6, 6.07) is 16.2. The molecule has 2 rings (SSSR count). The van der Waals surface area contributed by atoms with Crippen LogP contribution in [0.3, 0.4) is 0 Å². The van der Waals surface area contributed by atoms with Crippen LogP contribution in [0.1, 0.15) is 5.56 Å². The lowest BCUT2D eigenvalue weighted by molar-refractivity contribution is 1.07. The molecule has 0 fully saturated rings. The van der Waals surface area contributed by atoms with Crippen LogP contribution in [-0.4, -0.2) is 0 Å². The Balaban J connectivity index is 2.20. The van der Waals surface area contributed by atoms with Crippen LogP contribution in [0.25, 0.3) is 0 Å². The Labute approximate surface area is 104 Å². The van der Waals surface area contributed by atoms with E-state index in [2.05, 4.69) is 27.3 Å². The van der Waals surface area contributed by atoms with Gasteiger partial charge < -0.3 is 11.1 Å². The molecule has 0 spiro atoms. The molecule has 2 aromatic carbocycles. The fourth-order valence-electron chi connectivity index (χ4n) is 1.51. The minimum atomic E-state index is 0.563. The average Bonchev–Trinajstić information content (AvgIpc) is 2.29. The smallest absolute Gasteiger partial charge is 0.0395 e. The van der Waals surface area contributed by atoms with E-state index in [0.29, 0.717) is 6.54 Å². The molecule has 3 heteroatoms. The van der Waals surface area contributed by atoms with Crippen molar-refractivity contribution in [1.29, 1.82) is 0 Å². The third-order valence-corrected chi connectivity index (χ3v) is 2.77. The van der Waals surface area contributed by atoms with Crippen molar-refractivity contribution in [2.45, 2.75) is 6.54 Å². The van der Waals surface area contributed by atoms with Gasteiger partial charge in [-0.2, -0.15) is 0 Å². The van der Waals surface area contributed by atoms with Crippen LogP contribution in [0, 0.1) is 0 Å². The summed E-state index contributed by atoms with van der Waals surface area (Å²) in [4.78, 5) is 0. The van der Waals surface area contributed by atoms with Crippen LogP contribution < -0.4 is 11.1 Å². The van der Waals surface area contributed by atoms with Gasteiger partial charge in [-0.15, -0.1) is 0 Å². The molecule has 0 saturated heterocycles. The fraction of sp³-hybridized carbons (Fsp3) is 0.0769. The number of rotatable bonds is 3. The number of nitrogens with one attached hydrogen (secondary N) is 1. The highest BCUT2D eigenvalue weighted by atomic mass is 79.9. The summed E-state index contributed by atoms with van der Waals surface area (Å²) >= 11 is 3.44. The average molecular weight is 277 g/mol. The van der Waals surface area contributed by atoms with Crippen molar-refractivity contribution in [3.63, 3.8) is 0 Å². The first-order valence-electron chi connectivity index (χ1n) is 5.09. The second-order valence-corrected chi connectivity index (χ2v) is 4.46. The first-order chi connectivity index (χ1) is 7.78. The van der Waals surface area contributed by atoms with Crippen molar-refractivity contribution in [2.24, 2.45) is 5.73 Å². The lowest BCUT2D eigenvalue weighted by Gasteiger charge is -2.07. The molecule has 0 radical (unpaired) electrons. The van der Waals surface area contributed by atoms with Gasteiger partial charge in [0.25, 0.3) is 0 Å². The highest BCUT2D eigenvalue weighted by Crippen LogP contribution is 2.20. The van der Waals surface area contributed by atoms with Gasteiger partial charge in [-0.3, -0.25) is 0 Å². The maximum absolute atomic E-state index is 5.60. The van der Waals surface area contributed by atoms with Gasteiger partial charge in [0.15, 0.2) is 0 Å². The van der Waals surface area contributed by atoms with E-state index in [1.165, 1.54) is 0 Å². The largest absolute Gasteiger partial charge is 0.355 e. The molecule has 0 heterocycles. The van der Waals surface area contributed by atoms with E-state index in [1.54, 1.807) is 0 Å². The van der Waals surface area contributed by atoms with Crippen molar-refractivity contribution in [3.8, 4) is 0 Å². The molecule has 0 bridgehead atoms. The van der Waals surface area contributed by atoms with Crippen molar-refractivity contribution in [1.82, 2.24) is 0 Å². The molecule has 0 aromatic heterocycles. The standard InChI is InChI=1S/C13H13BrN2/c14-11-4-2-6-13(8-11)16-12-5-1-3-10(7-12)9-15/h1-8,16H,9,15H2. The van der Waals surface area contributed by atoms with Crippen molar-refractivity contribution >= 4 is 27.3 Å². The highest BCUT2D eigenvalue weighted by Gasteiger charge is 1.96. The summed E-state index contributed by atoms with van der Waals surface area (Å²) in [7, 11) is 0. The highest BCUT2D eigenvalue weighted by molar-refractivity contribution is 9.10. The fourth-order valence-corrected chi connectivity index (χ4v) is 1.91. The van der Waals surface area contributed by atoms with Crippen LogP contribution in [0.15, 0.2) is 53.0 Å². The molecule has 0 aliphatic heterocycles. The normalized spacial score (nSPS) is 10.1. The van der Waals surface area contributed by atoms with Gasteiger partial charge in [0, 0.05) is 22.4 Å². The predicted molar refractivity (Wildman–Crippen MR) is 71.8 cm³/mol. The summed E-state index contributed by atoms with van der Waals surface area (Å²) in [5.74, 6) is 0. The van der Waals surface area contributed by atoms with Gasteiger partial charge in [0.1, 0.15) is 0 Å².